The van der Waals surface area contributed by atoms with Crippen LogP contribution in [0.3, 0.4) is 0 Å². The van der Waals surface area contributed by atoms with Gasteiger partial charge in [0.05, 0.1) is 5.75 Å². The molecule has 0 bridgehead atoms. The Morgan fingerprint density at radius 1 is 1.14 bits per heavy atom. The van der Waals surface area contributed by atoms with Gasteiger partial charge in [-0.15, -0.1) is 24.0 Å². The van der Waals surface area contributed by atoms with Gasteiger partial charge in [-0.25, -0.2) is 8.42 Å². The Balaban J connectivity index is 0.00000420. The van der Waals surface area contributed by atoms with Gasteiger partial charge in [-0.2, -0.15) is 0 Å². The number of halogens is 1. The first-order valence-electron chi connectivity index (χ1n) is 9.97. The van der Waals surface area contributed by atoms with E-state index in [1.54, 1.807) is 7.05 Å². The fourth-order valence-corrected chi connectivity index (χ4v) is 4.11. The van der Waals surface area contributed by atoms with Crippen LogP contribution in [0.15, 0.2) is 35.3 Å². The fourth-order valence-electron chi connectivity index (χ4n) is 3.32. The van der Waals surface area contributed by atoms with E-state index in [-0.39, 0.29) is 35.8 Å². The number of para-hydroxylation sites is 1. The molecule has 2 rings (SSSR count). The molecule has 0 amide bonds. The van der Waals surface area contributed by atoms with E-state index in [9.17, 15) is 8.42 Å². The summed E-state index contributed by atoms with van der Waals surface area (Å²) in [5, 5.41) is 6.65. The summed E-state index contributed by atoms with van der Waals surface area (Å²) in [6.45, 7) is 9.14. The number of hydrogen-bond donors (Lipinski definition) is 2. The van der Waals surface area contributed by atoms with Gasteiger partial charge in [0.2, 0.25) is 0 Å². The maximum absolute atomic E-state index is 11.3. The number of nitrogens with one attached hydrogen (secondary N) is 2. The fraction of sp³-hybridized carbons (Fsp3) is 0.650. The molecule has 0 aromatic heterocycles. The zero-order valence-electron chi connectivity index (χ0n) is 18.0. The standard InChI is InChI=1S/C20H35N5O2S.HI/c1-17(10-15-28(4,26)27)23-20(21-3)22-16-18(2)24-11-13-25(14-12-24)19-8-6-5-7-9-19;/h5-9,17-18H,10-16H2,1-4H3,(H2,21,22,23);1H. The smallest absolute Gasteiger partial charge is 0.191 e. The SMILES string of the molecule is CN=C(NCC(C)N1CCN(c2ccccc2)CC1)NC(C)CCS(C)(=O)=O.I. The summed E-state index contributed by atoms with van der Waals surface area (Å²) in [7, 11) is -1.20. The van der Waals surface area contributed by atoms with Gasteiger partial charge in [0.1, 0.15) is 9.84 Å². The van der Waals surface area contributed by atoms with Crippen molar-refractivity contribution < 1.29 is 8.42 Å². The normalized spacial score (nSPS) is 17.9. The van der Waals surface area contributed by atoms with Gasteiger partial charge in [-0.05, 0) is 32.4 Å². The molecule has 7 nitrogen and oxygen atoms in total. The molecule has 1 saturated heterocycles. The van der Waals surface area contributed by atoms with Gasteiger partial charge in [0, 0.05) is 63.8 Å². The molecule has 1 heterocycles. The molecule has 2 atom stereocenters. The summed E-state index contributed by atoms with van der Waals surface area (Å²) in [6, 6.07) is 11.0. The summed E-state index contributed by atoms with van der Waals surface area (Å²) in [5.41, 5.74) is 1.29. The quantitative estimate of drug-likeness (QED) is 0.299. The van der Waals surface area contributed by atoms with Crippen LogP contribution in [0.4, 0.5) is 5.69 Å². The molecule has 9 heteroatoms. The van der Waals surface area contributed by atoms with E-state index < -0.39 is 9.84 Å². The van der Waals surface area contributed by atoms with Crippen LogP contribution in [0.5, 0.6) is 0 Å². The molecule has 1 aromatic rings. The lowest BCUT2D eigenvalue weighted by Crippen LogP contribution is -2.53. The van der Waals surface area contributed by atoms with Crippen LogP contribution < -0.4 is 15.5 Å². The van der Waals surface area contributed by atoms with Gasteiger partial charge >= 0.3 is 0 Å². The predicted molar refractivity (Wildman–Crippen MR) is 133 cm³/mol. The summed E-state index contributed by atoms with van der Waals surface area (Å²) in [5.74, 6) is 0.899. The van der Waals surface area contributed by atoms with Crippen LogP contribution in [0, 0.1) is 0 Å². The molecule has 0 spiro atoms. The van der Waals surface area contributed by atoms with Crippen molar-refractivity contribution in [3.8, 4) is 0 Å². The van der Waals surface area contributed by atoms with Crippen molar-refractivity contribution in [3.63, 3.8) is 0 Å². The van der Waals surface area contributed by atoms with Gasteiger partial charge < -0.3 is 15.5 Å². The van der Waals surface area contributed by atoms with Crippen molar-refractivity contribution in [2.45, 2.75) is 32.4 Å². The van der Waals surface area contributed by atoms with Crippen molar-refractivity contribution >= 4 is 45.5 Å². The monoisotopic (exact) mass is 537 g/mol. The molecular weight excluding hydrogens is 501 g/mol. The minimum absolute atomic E-state index is 0. The molecule has 0 radical (unpaired) electrons. The van der Waals surface area contributed by atoms with Gasteiger partial charge in [-0.1, -0.05) is 18.2 Å². The molecule has 0 aliphatic carbocycles. The molecule has 1 aromatic carbocycles. The number of aliphatic imine (C=N–C) groups is 1. The highest BCUT2D eigenvalue weighted by Gasteiger charge is 2.21. The zero-order chi connectivity index (χ0) is 20.6. The molecule has 2 unspecified atom stereocenters. The number of guanidine groups is 1. The molecule has 0 saturated carbocycles. The third-order valence-electron chi connectivity index (χ3n) is 5.15. The number of piperazine rings is 1. The molecule has 2 N–H and O–H groups in total. The van der Waals surface area contributed by atoms with Crippen molar-refractivity contribution in [1.29, 1.82) is 0 Å². The Labute approximate surface area is 193 Å². The average Bonchev–Trinajstić information content (AvgIpc) is 2.69. The van der Waals surface area contributed by atoms with Crippen molar-refractivity contribution in [1.82, 2.24) is 15.5 Å². The minimum atomic E-state index is -2.94. The van der Waals surface area contributed by atoms with Crippen molar-refractivity contribution in [2.75, 3.05) is 56.7 Å². The minimum Gasteiger partial charge on any atom is -0.369 e. The topological polar surface area (TPSA) is 77.0 Å². The third-order valence-corrected chi connectivity index (χ3v) is 6.13. The highest BCUT2D eigenvalue weighted by Crippen LogP contribution is 2.16. The van der Waals surface area contributed by atoms with Crippen molar-refractivity contribution in [2.24, 2.45) is 4.99 Å². The van der Waals surface area contributed by atoms with Gasteiger partial charge in [-0.3, -0.25) is 9.89 Å². The lowest BCUT2D eigenvalue weighted by atomic mass is 10.2. The van der Waals surface area contributed by atoms with E-state index in [0.717, 1.165) is 38.7 Å². The van der Waals surface area contributed by atoms with Crippen LogP contribution in [0.1, 0.15) is 20.3 Å². The van der Waals surface area contributed by atoms with E-state index in [0.29, 0.717) is 12.5 Å². The van der Waals surface area contributed by atoms with E-state index >= 15 is 0 Å². The molecule has 29 heavy (non-hydrogen) atoms. The second-order valence-electron chi connectivity index (χ2n) is 7.62. The van der Waals surface area contributed by atoms with Crippen LogP contribution in [-0.4, -0.2) is 83.1 Å². The summed E-state index contributed by atoms with van der Waals surface area (Å²) < 4.78 is 22.6. The van der Waals surface area contributed by atoms with Crippen LogP contribution >= 0.6 is 24.0 Å². The first kappa shape index (κ1) is 26.0. The Morgan fingerprint density at radius 3 is 2.31 bits per heavy atom. The van der Waals surface area contributed by atoms with E-state index in [4.69, 9.17) is 0 Å². The van der Waals surface area contributed by atoms with E-state index in [1.165, 1.54) is 11.9 Å². The van der Waals surface area contributed by atoms with Gasteiger partial charge in [0.25, 0.3) is 0 Å². The second kappa shape index (κ2) is 12.6. The van der Waals surface area contributed by atoms with Crippen LogP contribution in [0.2, 0.25) is 0 Å². The predicted octanol–water partition coefficient (Wildman–Crippen LogP) is 1.80. The van der Waals surface area contributed by atoms with E-state index in [2.05, 4.69) is 62.7 Å². The Kier molecular flexibility index (Phi) is 11.3. The largest absolute Gasteiger partial charge is 0.369 e. The molecule has 1 aliphatic rings. The maximum atomic E-state index is 11.3. The lowest BCUT2D eigenvalue weighted by Gasteiger charge is -2.39. The van der Waals surface area contributed by atoms with Crippen LogP contribution in [0.25, 0.3) is 0 Å². The summed E-state index contributed by atoms with van der Waals surface area (Å²) in [4.78, 5) is 9.18. The second-order valence-corrected chi connectivity index (χ2v) is 9.88. The zero-order valence-corrected chi connectivity index (χ0v) is 21.1. The first-order chi connectivity index (χ1) is 13.3. The average molecular weight is 538 g/mol. The van der Waals surface area contributed by atoms with E-state index in [1.807, 2.05) is 6.92 Å². The molecular formula is C20H36IN5O2S. The molecule has 1 fully saturated rings. The number of anilines is 1. The summed E-state index contributed by atoms with van der Waals surface area (Å²) >= 11 is 0. The number of sulfone groups is 1. The molecule has 166 valence electrons. The lowest BCUT2D eigenvalue weighted by molar-refractivity contribution is 0.197. The van der Waals surface area contributed by atoms with Crippen LogP contribution in [-0.2, 0) is 9.84 Å². The highest BCUT2D eigenvalue weighted by molar-refractivity contribution is 14.0. The Bertz CT molecular complexity index is 722. The third kappa shape index (κ3) is 9.52. The number of benzene rings is 1. The number of nitrogens with zero attached hydrogens (tertiary/aromatic N) is 3. The summed E-state index contributed by atoms with van der Waals surface area (Å²) in [6.07, 6.45) is 1.84. The first-order valence-corrected chi connectivity index (χ1v) is 12.0. The number of hydrogen-bond acceptors (Lipinski definition) is 5. The van der Waals surface area contributed by atoms with Gasteiger partial charge in [0.15, 0.2) is 5.96 Å². The Hall–Kier alpha value is -1.07. The maximum Gasteiger partial charge on any atom is 0.191 e. The Morgan fingerprint density at radius 2 is 1.76 bits per heavy atom. The molecule has 1 aliphatic heterocycles. The number of rotatable bonds is 8. The highest BCUT2D eigenvalue weighted by atomic mass is 127. The van der Waals surface area contributed by atoms with Crippen molar-refractivity contribution in [3.05, 3.63) is 30.3 Å².